The van der Waals surface area contributed by atoms with Gasteiger partial charge in [0.2, 0.25) is 0 Å². The Bertz CT molecular complexity index is 1290. The summed E-state index contributed by atoms with van der Waals surface area (Å²) in [4.78, 5) is 35.1. The molecule has 13 heteroatoms. The molecule has 1 aliphatic heterocycles. The number of carbonyl (C=O) groups is 2. The van der Waals surface area contributed by atoms with Crippen molar-refractivity contribution in [1.29, 1.82) is 0 Å². The van der Waals surface area contributed by atoms with Gasteiger partial charge in [0.15, 0.2) is 0 Å². The van der Waals surface area contributed by atoms with E-state index in [2.05, 4.69) is 10.3 Å². The van der Waals surface area contributed by atoms with E-state index in [1.54, 1.807) is 22.4 Å². The number of anilines is 2. The van der Waals surface area contributed by atoms with E-state index in [9.17, 15) is 27.2 Å². The van der Waals surface area contributed by atoms with Gasteiger partial charge in [-0.15, -0.1) is 11.3 Å². The highest BCUT2D eigenvalue weighted by molar-refractivity contribution is 7.09. The van der Waals surface area contributed by atoms with Gasteiger partial charge in [0.05, 0.1) is 24.4 Å². The minimum absolute atomic E-state index is 0.0456. The maximum atomic E-state index is 14.0. The highest BCUT2D eigenvalue weighted by Crippen LogP contribution is 2.32. The molecule has 8 nitrogen and oxygen atoms in total. The third kappa shape index (κ3) is 7.24. The maximum Gasteiger partial charge on any atom is 0.416 e. The van der Waals surface area contributed by atoms with Crippen LogP contribution in [0.2, 0.25) is 0 Å². The number of hydrogen-bond donors (Lipinski definition) is 1. The molecule has 0 saturated carbocycles. The Morgan fingerprint density at radius 3 is 2.54 bits per heavy atom. The topological polar surface area (TPSA) is 78.0 Å². The molecular formula is C26H27F4N5O3S. The van der Waals surface area contributed by atoms with Crippen molar-refractivity contribution in [2.24, 2.45) is 0 Å². The van der Waals surface area contributed by atoms with Crippen LogP contribution >= 0.6 is 11.3 Å². The zero-order chi connectivity index (χ0) is 28.0. The minimum atomic E-state index is -4.42. The van der Waals surface area contributed by atoms with E-state index in [0.717, 1.165) is 12.1 Å². The Morgan fingerprint density at radius 1 is 1.10 bits per heavy atom. The number of rotatable bonds is 8. The lowest BCUT2D eigenvalue weighted by Gasteiger charge is -2.36. The third-order valence-corrected chi connectivity index (χ3v) is 7.00. The highest BCUT2D eigenvalue weighted by atomic mass is 32.1. The van der Waals surface area contributed by atoms with E-state index in [0.29, 0.717) is 36.9 Å². The van der Waals surface area contributed by atoms with Crippen LogP contribution in [0, 0.1) is 5.82 Å². The van der Waals surface area contributed by atoms with Crippen molar-refractivity contribution in [2.75, 3.05) is 56.7 Å². The van der Waals surface area contributed by atoms with E-state index in [-0.39, 0.29) is 37.0 Å². The van der Waals surface area contributed by atoms with Gasteiger partial charge in [-0.3, -0.25) is 4.79 Å². The summed E-state index contributed by atoms with van der Waals surface area (Å²) in [5, 5.41) is 4.67. The lowest BCUT2D eigenvalue weighted by Crippen LogP contribution is -2.49. The molecule has 1 fully saturated rings. The second-order valence-electron chi connectivity index (χ2n) is 8.78. The Balaban J connectivity index is 1.36. The van der Waals surface area contributed by atoms with Crippen LogP contribution in [0.15, 0.2) is 53.9 Å². The first-order valence-electron chi connectivity index (χ1n) is 12.1. The Hall–Kier alpha value is -3.71. The molecule has 4 rings (SSSR count). The van der Waals surface area contributed by atoms with Crippen LogP contribution in [0.3, 0.4) is 0 Å². The number of nitrogens with one attached hydrogen (secondary N) is 1. The van der Waals surface area contributed by atoms with E-state index < -0.39 is 23.6 Å². The summed E-state index contributed by atoms with van der Waals surface area (Å²) in [7, 11) is 1.50. The molecule has 0 bridgehead atoms. The molecular weight excluding hydrogens is 538 g/mol. The fourth-order valence-corrected chi connectivity index (χ4v) is 4.85. The van der Waals surface area contributed by atoms with Crippen molar-refractivity contribution < 1.29 is 31.9 Å². The van der Waals surface area contributed by atoms with Crippen molar-refractivity contribution in [1.82, 2.24) is 14.8 Å². The summed E-state index contributed by atoms with van der Waals surface area (Å²) in [6.45, 7) is 1.97. The number of ether oxygens (including phenoxy) is 1. The van der Waals surface area contributed by atoms with Crippen LogP contribution in [0.5, 0.6) is 0 Å². The third-order valence-electron chi connectivity index (χ3n) is 6.17. The summed E-state index contributed by atoms with van der Waals surface area (Å²) in [5.74, 6) is -0.853. The molecule has 2 heterocycles. The van der Waals surface area contributed by atoms with Gasteiger partial charge in [0.25, 0.3) is 5.91 Å². The lowest BCUT2D eigenvalue weighted by molar-refractivity contribution is -0.137. The first-order chi connectivity index (χ1) is 18.7. The molecule has 3 amide bonds. The molecule has 3 aromatic rings. The zero-order valence-corrected chi connectivity index (χ0v) is 21.9. The van der Waals surface area contributed by atoms with Crippen LogP contribution in [0.25, 0.3) is 0 Å². The van der Waals surface area contributed by atoms with E-state index >= 15 is 0 Å². The standard InChI is InChI=1S/C26H27F4N5O3S/c1-38-14-13-35(25(37)32-21-8-3-2-7-20(21)27)16-23-31-22(17-39-23)24(36)34-11-9-33(10-12-34)19-6-4-5-18(15-19)26(28,29)30/h2-8,15,17H,9-14,16H2,1H3,(H,32,37). The van der Waals surface area contributed by atoms with Gasteiger partial charge in [-0.05, 0) is 30.3 Å². The SMILES string of the molecule is COCCN(Cc1nc(C(=O)N2CCN(c3cccc(C(F)(F)F)c3)CC2)cs1)C(=O)Nc1ccccc1F. The molecule has 1 aromatic heterocycles. The number of methoxy groups -OCH3 is 1. The minimum Gasteiger partial charge on any atom is -0.383 e. The van der Waals surface area contributed by atoms with E-state index in [1.165, 1.54) is 47.6 Å². The van der Waals surface area contributed by atoms with Crippen LogP contribution < -0.4 is 10.2 Å². The van der Waals surface area contributed by atoms with Crippen LogP contribution in [-0.2, 0) is 17.5 Å². The van der Waals surface area contributed by atoms with Crippen molar-refractivity contribution in [3.63, 3.8) is 0 Å². The average molecular weight is 566 g/mol. The average Bonchev–Trinajstić information content (AvgIpc) is 3.40. The summed E-state index contributed by atoms with van der Waals surface area (Å²) < 4.78 is 58.3. The molecule has 39 heavy (non-hydrogen) atoms. The number of amides is 3. The number of halogens is 4. The Morgan fingerprint density at radius 2 is 1.85 bits per heavy atom. The number of thiazole rings is 1. The molecule has 2 aromatic carbocycles. The number of carbonyl (C=O) groups excluding carboxylic acids is 2. The Kier molecular flexibility index (Phi) is 9.02. The second-order valence-corrected chi connectivity index (χ2v) is 9.72. The van der Waals surface area contributed by atoms with E-state index in [1.807, 2.05) is 4.90 Å². The highest BCUT2D eigenvalue weighted by Gasteiger charge is 2.31. The lowest BCUT2D eigenvalue weighted by atomic mass is 10.1. The van der Waals surface area contributed by atoms with Crippen molar-refractivity contribution >= 4 is 34.6 Å². The Labute approximate surface area is 226 Å². The largest absolute Gasteiger partial charge is 0.416 e. The zero-order valence-electron chi connectivity index (χ0n) is 21.1. The molecule has 0 spiro atoms. The smallest absolute Gasteiger partial charge is 0.383 e. The molecule has 0 atom stereocenters. The van der Waals surface area contributed by atoms with Gasteiger partial charge >= 0.3 is 12.2 Å². The molecule has 0 radical (unpaired) electrons. The number of para-hydroxylation sites is 1. The number of alkyl halides is 3. The second kappa shape index (κ2) is 12.4. The number of piperazine rings is 1. The predicted octanol–water partition coefficient (Wildman–Crippen LogP) is 4.94. The first-order valence-corrected chi connectivity index (χ1v) is 13.0. The molecule has 0 aliphatic carbocycles. The summed E-state index contributed by atoms with van der Waals surface area (Å²) in [6.07, 6.45) is -4.42. The number of urea groups is 1. The molecule has 1 N–H and O–H groups in total. The van der Waals surface area contributed by atoms with Crippen LogP contribution in [0.4, 0.5) is 33.7 Å². The molecule has 1 aliphatic rings. The fraction of sp³-hybridized carbons (Fsp3) is 0.346. The van der Waals surface area contributed by atoms with Gasteiger partial charge in [-0.2, -0.15) is 13.2 Å². The molecule has 0 unspecified atom stereocenters. The molecule has 208 valence electrons. The van der Waals surface area contributed by atoms with Gasteiger partial charge in [0.1, 0.15) is 16.5 Å². The number of nitrogens with zero attached hydrogens (tertiary/aromatic N) is 4. The normalized spacial score (nSPS) is 13.9. The summed E-state index contributed by atoms with van der Waals surface area (Å²) >= 11 is 1.22. The van der Waals surface area contributed by atoms with Crippen LogP contribution in [-0.4, -0.2) is 73.2 Å². The quantitative estimate of drug-likeness (QED) is 0.392. The van der Waals surface area contributed by atoms with Crippen molar-refractivity contribution in [2.45, 2.75) is 12.7 Å². The molecule has 1 saturated heterocycles. The van der Waals surface area contributed by atoms with Gasteiger partial charge < -0.3 is 24.8 Å². The van der Waals surface area contributed by atoms with Gasteiger partial charge in [0, 0.05) is 50.9 Å². The number of aromatic nitrogens is 1. The summed E-state index contributed by atoms with van der Waals surface area (Å²) in [6, 6.07) is 10.4. The van der Waals surface area contributed by atoms with E-state index in [4.69, 9.17) is 4.74 Å². The van der Waals surface area contributed by atoms with Gasteiger partial charge in [-0.25, -0.2) is 14.2 Å². The first kappa shape index (κ1) is 28.3. The predicted molar refractivity (Wildman–Crippen MR) is 139 cm³/mol. The fourth-order valence-electron chi connectivity index (χ4n) is 4.06. The van der Waals surface area contributed by atoms with Crippen LogP contribution in [0.1, 0.15) is 21.1 Å². The monoisotopic (exact) mass is 565 g/mol. The van der Waals surface area contributed by atoms with Gasteiger partial charge in [-0.1, -0.05) is 18.2 Å². The van der Waals surface area contributed by atoms with Crippen molar-refractivity contribution in [3.05, 3.63) is 76.0 Å². The maximum absolute atomic E-state index is 14.0. The number of hydrogen-bond acceptors (Lipinski definition) is 6. The number of benzene rings is 2. The summed E-state index contributed by atoms with van der Waals surface area (Å²) in [5.41, 5.74) is 0.0150. The van der Waals surface area contributed by atoms with Crippen molar-refractivity contribution in [3.8, 4) is 0 Å².